The Morgan fingerprint density at radius 3 is 2.32 bits per heavy atom. The summed E-state index contributed by atoms with van der Waals surface area (Å²) >= 11 is 0. The van der Waals surface area contributed by atoms with E-state index in [1.54, 1.807) is 0 Å². The lowest BCUT2D eigenvalue weighted by atomic mass is 10.1. The molecule has 0 fully saturated rings. The zero-order valence-electron chi connectivity index (χ0n) is 12.8. The van der Waals surface area contributed by atoms with Gasteiger partial charge in [0, 0.05) is 0 Å². The van der Waals surface area contributed by atoms with Crippen LogP contribution >= 0.6 is 0 Å². The van der Waals surface area contributed by atoms with E-state index in [1.807, 2.05) is 0 Å². The normalized spacial score (nSPS) is 13.3. The van der Waals surface area contributed by atoms with Gasteiger partial charge in [-0.25, -0.2) is 0 Å². The van der Waals surface area contributed by atoms with E-state index >= 15 is 0 Å². The Labute approximate surface area is 125 Å². The Kier molecular flexibility index (Phi) is 8.79. The van der Waals surface area contributed by atoms with Gasteiger partial charge in [0.05, 0.1) is 26.3 Å². The van der Waals surface area contributed by atoms with Gasteiger partial charge in [0.15, 0.2) is 0 Å². The summed E-state index contributed by atoms with van der Waals surface area (Å²) in [7, 11) is 4.58. The molecule has 1 aromatic carbocycles. The maximum atomic E-state index is 2.35. The third-order valence-electron chi connectivity index (χ3n) is 3.81. The van der Waals surface area contributed by atoms with Crippen molar-refractivity contribution in [2.45, 2.75) is 45.6 Å². The Balaban J connectivity index is 0.00000324. The van der Waals surface area contributed by atoms with Crippen LogP contribution in [0.5, 0.6) is 0 Å². The Bertz CT molecular complexity index is 357. The largest absolute Gasteiger partial charge is 1.00 e. The van der Waals surface area contributed by atoms with Crippen molar-refractivity contribution in [1.29, 1.82) is 0 Å². The van der Waals surface area contributed by atoms with Crippen molar-refractivity contribution in [3.63, 3.8) is 0 Å². The van der Waals surface area contributed by atoms with Crippen LogP contribution in [-0.4, -0.2) is 24.6 Å². The molecule has 0 spiro atoms. The molecule has 2 heteroatoms. The van der Waals surface area contributed by atoms with E-state index in [9.17, 15) is 0 Å². The molecule has 0 aliphatic carbocycles. The second kappa shape index (κ2) is 9.17. The molecule has 19 heavy (non-hydrogen) atoms. The smallest absolute Gasteiger partial charge is 0.0962 e. The summed E-state index contributed by atoms with van der Waals surface area (Å²) in [5, 5.41) is 0. The van der Waals surface area contributed by atoms with Crippen molar-refractivity contribution in [3.8, 4) is 0 Å². The number of halogens is 1. The molecule has 0 N–H and O–H groups in total. The van der Waals surface area contributed by atoms with Crippen LogP contribution in [0, 0.1) is 0 Å². The molecule has 1 aromatic rings. The molecule has 1 nitrogen and oxygen atoms in total. The van der Waals surface area contributed by atoms with Gasteiger partial charge >= 0.3 is 0 Å². The van der Waals surface area contributed by atoms with Gasteiger partial charge in [0.1, 0.15) is 0 Å². The minimum absolute atomic E-state index is 0. The fourth-order valence-corrected chi connectivity index (χ4v) is 2.01. The molecule has 0 aliphatic heterocycles. The summed E-state index contributed by atoms with van der Waals surface area (Å²) in [6.45, 7) is 4.62. The number of benzene rings is 1. The minimum atomic E-state index is 0. The average molecular weight is 282 g/mol. The van der Waals surface area contributed by atoms with Gasteiger partial charge in [-0.3, -0.25) is 4.48 Å². The van der Waals surface area contributed by atoms with E-state index in [0.29, 0.717) is 6.04 Å². The first-order valence-electron chi connectivity index (χ1n) is 7.14. The topological polar surface area (TPSA) is 0 Å². The molecule has 0 aliphatic rings. The van der Waals surface area contributed by atoms with E-state index in [2.05, 4.69) is 70.6 Å². The first-order chi connectivity index (χ1) is 8.56. The monoisotopic (exact) mass is 281 g/mol. The van der Waals surface area contributed by atoms with Gasteiger partial charge in [0.2, 0.25) is 0 Å². The van der Waals surface area contributed by atoms with Gasteiger partial charge in [-0.2, -0.15) is 0 Å². The van der Waals surface area contributed by atoms with Gasteiger partial charge < -0.3 is 12.4 Å². The Morgan fingerprint density at radius 1 is 1.11 bits per heavy atom. The van der Waals surface area contributed by atoms with Crippen LogP contribution in [0.1, 0.15) is 45.1 Å². The highest BCUT2D eigenvalue weighted by Crippen LogP contribution is 2.16. The van der Waals surface area contributed by atoms with Crippen molar-refractivity contribution in [1.82, 2.24) is 0 Å². The number of hydrogen-bond acceptors (Lipinski definition) is 0. The predicted molar refractivity (Wildman–Crippen MR) is 81.2 cm³/mol. The number of rotatable bonds is 7. The maximum Gasteiger partial charge on any atom is 0.0962 e. The number of unbranched alkanes of at least 4 members (excludes halogenated alkanes) is 2. The van der Waals surface area contributed by atoms with E-state index in [1.165, 1.54) is 31.2 Å². The molecule has 0 saturated carbocycles. The van der Waals surface area contributed by atoms with E-state index in [-0.39, 0.29) is 12.4 Å². The second-order valence-corrected chi connectivity index (χ2v) is 5.70. The molecular weight excluding hydrogens is 254 g/mol. The van der Waals surface area contributed by atoms with Crippen LogP contribution in [0.25, 0.3) is 6.08 Å². The summed E-state index contributed by atoms with van der Waals surface area (Å²) in [5.41, 5.74) is 1.28. The Hall–Kier alpha value is -0.790. The zero-order chi connectivity index (χ0) is 13.4. The molecule has 1 rings (SSSR count). The van der Waals surface area contributed by atoms with Crippen molar-refractivity contribution < 1.29 is 16.9 Å². The first-order valence-corrected chi connectivity index (χ1v) is 7.14. The first kappa shape index (κ1) is 18.2. The van der Waals surface area contributed by atoms with Crippen LogP contribution in [0.15, 0.2) is 36.5 Å². The van der Waals surface area contributed by atoms with Crippen LogP contribution in [0.4, 0.5) is 0 Å². The SMILES string of the molecule is CCCCCC(C)[N+](C)(C)C=Cc1ccccc1.[Cl-]. The third kappa shape index (κ3) is 6.79. The third-order valence-corrected chi connectivity index (χ3v) is 3.81. The molecule has 0 heterocycles. The maximum absolute atomic E-state index is 2.35. The zero-order valence-corrected chi connectivity index (χ0v) is 13.5. The van der Waals surface area contributed by atoms with Crippen LogP contribution < -0.4 is 12.4 Å². The number of nitrogens with zero attached hydrogens (tertiary/aromatic N) is 1. The standard InChI is InChI=1S/C17H28N.ClH/c1-5-6-8-11-16(2)18(3,4)15-14-17-12-9-7-10-13-17;/h7,9-10,12-16H,5-6,8,11H2,1-4H3;1H/q+1;/p-1. The summed E-state index contributed by atoms with van der Waals surface area (Å²) in [6.07, 6.45) is 9.85. The highest BCUT2D eigenvalue weighted by atomic mass is 35.5. The molecule has 0 amide bonds. The van der Waals surface area contributed by atoms with E-state index in [4.69, 9.17) is 0 Å². The van der Waals surface area contributed by atoms with E-state index < -0.39 is 0 Å². The quantitative estimate of drug-likeness (QED) is 0.527. The highest BCUT2D eigenvalue weighted by Gasteiger charge is 2.20. The summed E-state index contributed by atoms with van der Waals surface area (Å²) in [4.78, 5) is 0. The van der Waals surface area contributed by atoms with Crippen molar-refractivity contribution in [2.24, 2.45) is 0 Å². The summed E-state index contributed by atoms with van der Waals surface area (Å²) < 4.78 is 0.957. The molecule has 0 saturated heterocycles. The lowest BCUT2D eigenvalue weighted by Crippen LogP contribution is -3.00. The number of hydrogen-bond donors (Lipinski definition) is 0. The van der Waals surface area contributed by atoms with Crippen molar-refractivity contribution in [3.05, 3.63) is 42.1 Å². The fraction of sp³-hybridized carbons (Fsp3) is 0.529. The van der Waals surface area contributed by atoms with Gasteiger partial charge in [0.25, 0.3) is 0 Å². The van der Waals surface area contributed by atoms with E-state index in [0.717, 1.165) is 4.48 Å². The molecular formula is C17H28ClN. The summed E-state index contributed by atoms with van der Waals surface area (Å²) in [6, 6.07) is 11.2. The molecule has 0 radical (unpaired) electrons. The molecule has 1 atom stereocenters. The molecule has 0 aromatic heterocycles. The fourth-order valence-electron chi connectivity index (χ4n) is 2.01. The van der Waals surface area contributed by atoms with Crippen molar-refractivity contribution >= 4 is 6.08 Å². The summed E-state index contributed by atoms with van der Waals surface area (Å²) in [5.74, 6) is 0. The minimum Gasteiger partial charge on any atom is -1.00 e. The van der Waals surface area contributed by atoms with Crippen LogP contribution in [0.3, 0.4) is 0 Å². The Morgan fingerprint density at radius 2 is 1.74 bits per heavy atom. The second-order valence-electron chi connectivity index (χ2n) is 5.70. The van der Waals surface area contributed by atoms with Gasteiger partial charge in [-0.15, -0.1) is 0 Å². The lowest BCUT2D eigenvalue weighted by molar-refractivity contribution is -0.863. The predicted octanol–water partition coefficient (Wildman–Crippen LogP) is 1.71. The molecule has 1 unspecified atom stereocenters. The van der Waals surface area contributed by atoms with Crippen molar-refractivity contribution in [2.75, 3.05) is 14.1 Å². The van der Waals surface area contributed by atoms with Crippen LogP contribution in [-0.2, 0) is 0 Å². The number of quaternary nitrogens is 1. The highest BCUT2D eigenvalue weighted by molar-refractivity contribution is 5.47. The van der Waals surface area contributed by atoms with Gasteiger partial charge in [-0.1, -0.05) is 50.1 Å². The van der Waals surface area contributed by atoms with Crippen LogP contribution in [0.2, 0.25) is 0 Å². The average Bonchev–Trinajstić information content (AvgIpc) is 2.38. The van der Waals surface area contributed by atoms with Gasteiger partial charge in [-0.05, 0) is 31.4 Å². The lowest BCUT2D eigenvalue weighted by Gasteiger charge is -2.32. The molecule has 108 valence electrons. The molecule has 0 bridgehead atoms.